The van der Waals surface area contributed by atoms with E-state index >= 15 is 0 Å². The molecule has 0 aliphatic carbocycles. The van der Waals surface area contributed by atoms with Crippen LogP contribution in [0.15, 0.2) is 47.4 Å². The molecule has 21 heavy (non-hydrogen) atoms. The van der Waals surface area contributed by atoms with Gasteiger partial charge in [-0.25, -0.2) is 13.6 Å². The monoisotopic (exact) mass is 304 g/mol. The molecule has 0 amide bonds. The predicted octanol–water partition coefficient (Wildman–Crippen LogP) is 3.12. The van der Waals surface area contributed by atoms with Gasteiger partial charge in [-0.1, -0.05) is 24.3 Å². The van der Waals surface area contributed by atoms with Crippen molar-refractivity contribution in [2.75, 3.05) is 5.32 Å². The van der Waals surface area contributed by atoms with Crippen molar-refractivity contribution >= 4 is 15.7 Å². The first-order valence-corrected chi connectivity index (χ1v) is 8.29. The molecule has 0 aliphatic rings. The second-order valence-electron chi connectivity index (χ2n) is 5.23. The number of primary sulfonamides is 1. The second kappa shape index (κ2) is 5.87. The molecule has 2 rings (SSSR count). The average Bonchev–Trinajstić information content (AvgIpc) is 2.43. The van der Waals surface area contributed by atoms with Crippen molar-refractivity contribution in [2.45, 2.75) is 31.7 Å². The molecule has 2 aromatic carbocycles. The van der Waals surface area contributed by atoms with Crippen LogP contribution in [0.1, 0.15) is 29.7 Å². The predicted molar refractivity (Wildman–Crippen MR) is 85.8 cm³/mol. The van der Waals surface area contributed by atoms with Gasteiger partial charge >= 0.3 is 0 Å². The minimum absolute atomic E-state index is 0.0695. The van der Waals surface area contributed by atoms with Crippen LogP contribution in [0.4, 0.5) is 5.69 Å². The number of aryl methyl sites for hydroxylation is 1. The van der Waals surface area contributed by atoms with E-state index in [-0.39, 0.29) is 10.9 Å². The highest BCUT2D eigenvalue weighted by molar-refractivity contribution is 7.89. The van der Waals surface area contributed by atoms with Gasteiger partial charge in [-0.05, 0) is 55.7 Å². The van der Waals surface area contributed by atoms with Crippen LogP contribution in [0.5, 0.6) is 0 Å². The Morgan fingerprint density at radius 1 is 1.05 bits per heavy atom. The molecule has 1 atom stereocenters. The van der Waals surface area contributed by atoms with Gasteiger partial charge in [0.1, 0.15) is 0 Å². The summed E-state index contributed by atoms with van der Waals surface area (Å²) in [5.41, 5.74) is 4.53. The van der Waals surface area contributed by atoms with Crippen LogP contribution in [-0.4, -0.2) is 8.42 Å². The Labute approximate surface area is 126 Å². The number of hydrogen-bond donors (Lipinski definition) is 2. The van der Waals surface area contributed by atoms with Crippen LogP contribution in [0.2, 0.25) is 0 Å². The lowest BCUT2D eigenvalue weighted by molar-refractivity contribution is 0.597. The Hall–Kier alpha value is -1.85. The van der Waals surface area contributed by atoms with Gasteiger partial charge < -0.3 is 5.32 Å². The van der Waals surface area contributed by atoms with E-state index in [1.807, 2.05) is 19.1 Å². The lowest BCUT2D eigenvalue weighted by atomic mass is 10.1. The van der Waals surface area contributed by atoms with Crippen molar-refractivity contribution < 1.29 is 8.42 Å². The molecule has 112 valence electrons. The molecule has 0 aliphatic heterocycles. The highest BCUT2D eigenvalue weighted by Crippen LogP contribution is 2.24. The number of rotatable bonds is 4. The zero-order valence-corrected chi connectivity index (χ0v) is 13.2. The van der Waals surface area contributed by atoms with Gasteiger partial charge in [0.15, 0.2) is 0 Å². The molecule has 3 N–H and O–H groups in total. The Bertz CT molecular complexity index is 737. The maximum atomic E-state index is 11.2. The van der Waals surface area contributed by atoms with Crippen molar-refractivity contribution in [2.24, 2.45) is 5.14 Å². The third kappa shape index (κ3) is 3.62. The number of anilines is 1. The number of hydrogen-bond acceptors (Lipinski definition) is 3. The molecule has 0 radical (unpaired) electrons. The summed E-state index contributed by atoms with van der Waals surface area (Å²) >= 11 is 0. The molecule has 4 nitrogen and oxygen atoms in total. The molecule has 5 heteroatoms. The molecular formula is C16H20N2O2S. The van der Waals surface area contributed by atoms with Crippen LogP contribution in [0.25, 0.3) is 0 Å². The highest BCUT2D eigenvalue weighted by Gasteiger charge is 2.11. The Morgan fingerprint density at radius 2 is 1.67 bits per heavy atom. The van der Waals surface area contributed by atoms with E-state index in [2.05, 4.69) is 25.2 Å². The Balaban J connectivity index is 2.21. The lowest BCUT2D eigenvalue weighted by Gasteiger charge is -2.18. The molecule has 2 aromatic rings. The van der Waals surface area contributed by atoms with Crippen molar-refractivity contribution in [1.29, 1.82) is 0 Å². The minimum Gasteiger partial charge on any atom is -0.378 e. The molecule has 0 bridgehead atoms. The third-order valence-electron chi connectivity index (χ3n) is 3.69. The molecule has 0 saturated carbocycles. The van der Waals surface area contributed by atoms with Gasteiger partial charge in [-0.15, -0.1) is 0 Å². The number of benzene rings is 2. The summed E-state index contributed by atoms with van der Waals surface area (Å²) in [6.45, 7) is 6.19. The van der Waals surface area contributed by atoms with Crippen LogP contribution in [0.3, 0.4) is 0 Å². The van der Waals surface area contributed by atoms with Gasteiger partial charge in [0.25, 0.3) is 0 Å². The first-order chi connectivity index (χ1) is 9.79. The Kier molecular flexibility index (Phi) is 4.34. The van der Waals surface area contributed by atoms with E-state index in [1.165, 1.54) is 23.3 Å². The van der Waals surface area contributed by atoms with Crippen molar-refractivity contribution in [3.8, 4) is 0 Å². The van der Waals surface area contributed by atoms with Gasteiger partial charge in [0.05, 0.1) is 4.90 Å². The third-order valence-corrected chi connectivity index (χ3v) is 4.61. The van der Waals surface area contributed by atoms with Gasteiger partial charge in [-0.3, -0.25) is 0 Å². The minimum atomic E-state index is -3.64. The van der Waals surface area contributed by atoms with E-state index in [4.69, 9.17) is 5.14 Å². The lowest BCUT2D eigenvalue weighted by Crippen LogP contribution is -2.13. The maximum absolute atomic E-state index is 11.2. The van der Waals surface area contributed by atoms with Crippen molar-refractivity contribution in [3.05, 3.63) is 59.2 Å². The van der Waals surface area contributed by atoms with Crippen LogP contribution < -0.4 is 10.5 Å². The summed E-state index contributed by atoms with van der Waals surface area (Å²) in [5.74, 6) is 0. The number of nitrogens with two attached hydrogens (primary N) is 1. The molecule has 0 heterocycles. The highest BCUT2D eigenvalue weighted by atomic mass is 32.2. The molecule has 0 saturated heterocycles. The number of nitrogens with one attached hydrogen (secondary N) is 1. The van der Waals surface area contributed by atoms with Crippen LogP contribution in [-0.2, 0) is 10.0 Å². The zero-order chi connectivity index (χ0) is 15.6. The Morgan fingerprint density at radius 3 is 2.24 bits per heavy atom. The van der Waals surface area contributed by atoms with Gasteiger partial charge in [0.2, 0.25) is 10.0 Å². The first-order valence-electron chi connectivity index (χ1n) is 6.74. The fraction of sp³-hybridized carbons (Fsp3) is 0.250. The fourth-order valence-electron chi connectivity index (χ4n) is 2.17. The first kappa shape index (κ1) is 15.5. The van der Waals surface area contributed by atoms with Crippen LogP contribution in [0, 0.1) is 13.8 Å². The zero-order valence-electron chi connectivity index (χ0n) is 12.4. The molecule has 0 aromatic heterocycles. The van der Waals surface area contributed by atoms with Crippen molar-refractivity contribution in [3.63, 3.8) is 0 Å². The summed E-state index contributed by atoms with van der Waals surface area (Å²) in [6, 6.07) is 12.8. The quantitative estimate of drug-likeness (QED) is 0.911. The SMILES string of the molecule is Cc1cccc(NC(C)c2ccc(S(N)(=O)=O)cc2)c1C. The summed E-state index contributed by atoms with van der Waals surface area (Å²) < 4.78 is 22.5. The summed E-state index contributed by atoms with van der Waals surface area (Å²) in [6.07, 6.45) is 0. The molecule has 1 unspecified atom stereocenters. The summed E-state index contributed by atoms with van der Waals surface area (Å²) in [4.78, 5) is 0.130. The molecular weight excluding hydrogens is 284 g/mol. The van der Waals surface area contributed by atoms with Gasteiger partial charge in [0, 0.05) is 11.7 Å². The topological polar surface area (TPSA) is 72.2 Å². The normalized spacial score (nSPS) is 13.0. The van der Waals surface area contributed by atoms with E-state index < -0.39 is 10.0 Å². The molecule has 0 fully saturated rings. The van der Waals surface area contributed by atoms with Crippen LogP contribution >= 0.6 is 0 Å². The van der Waals surface area contributed by atoms with Gasteiger partial charge in [-0.2, -0.15) is 0 Å². The number of sulfonamides is 1. The standard InChI is InChI=1S/C16H20N2O2S/c1-11-5-4-6-16(12(11)2)18-13(3)14-7-9-15(10-8-14)21(17,19)20/h4-10,13,18H,1-3H3,(H2,17,19,20). The van der Waals surface area contributed by atoms with Crippen molar-refractivity contribution in [1.82, 2.24) is 0 Å². The summed E-state index contributed by atoms with van der Waals surface area (Å²) in [5, 5.41) is 8.54. The molecule has 0 spiro atoms. The summed E-state index contributed by atoms with van der Waals surface area (Å²) in [7, 11) is -3.64. The maximum Gasteiger partial charge on any atom is 0.238 e. The largest absolute Gasteiger partial charge is 0.378 e. The van der Waals surface area contributed by atoms with E-state index in [0.29, 0.717) is 0 Å². The fourth-order valence-corrected chi connectivity index (χ4v) is 2.69. The smallest absolute Gasteiger partial charge is 0.238 e. The van der Waals surface area contributed by atoms with E-state index in [1.54, 1.807) is 12.1 Å². The average molecular weight is 304 g/mol. The van der Waals surface area contributed by atoms with E-state index in [0.717, 1.165) is 11.3 Å². The second-order valence-corrected chi connectivity index (χ2v) is 6.79. The van der Waals surface area contributed by atoms with E-state index in [9.17, 15) is 8.42 Å².